The first-order chi connectivity index (χ1) is 9.08. The number of methoxy groups -OCH3 is 1. The number of halogens is 1. The van der Waals surface area contributed by atoms with Crippen LogP contribution in [-0.4, -0.2) is 22.7 Å². The Balaban J connectivity index is 2.16. The molecule has 1 aromatic carbocycles. The predicted molar refractivity (Wildman–Crippen MR) is 76.7 cm³/mol. The fourth-order valence-electron chi connectivity index (χ4n) is 2.00. The molecule has 0 spiro atoms. The van der Waals surface area contributed by atoms with Crippen molar-refractivity contribution in [3.63, 3.8) is 0 Å². The molecule has 0 saturated heterocycles. The Morgan fingerprint density at radius 3 is 2.95 bits per heavy atom. The van der Waals surface area contributed by atoms with E-state index in [1.54, 1.807) is 13.4 Å². The highest BCUT2D eigenvalue weighted by atomic mass is 35.5. The molecule has 1 unspecified atom stereocenters. The van der Waals surface area contributed by atoms with E-state index in [9.17, 15) is 0 Å². The molecule has 1 aromatic heterocycles. The zero-order chi connectivity index (χ0) is 13.8. The number of imidazole rings is 1. The number of benzene rings is 1. The Bertz CT molecular complexity index is 551. The van der Waals surface area contributed by atoms with Crippen LogP contribution in [0.1, 0.15) is 18.2 Å². The molecular weight excluding hydrogens is 262 g/mol. The van der Waals surface area contributed by atoms with E-state index in [0.29, 0.717) is 11.6 Å². The topological polar surface area (TPSA) is 53.1 Å². The van der Waals surface area contributed by atoms with Gasteiger partial charge in [0.1, 0.15) is 5.75 Å². The van der Waals surface area contributed by atoms with E-state index >= 15 is 0 Å². The third-order valence-corrected chi connectivity index (χ3v) is 3.05. The predicted octanol–water partition coefficient (Wildman–Crippen LogP) is 2.48. The normalized spacial score (nSPS) is 12.4. The van der Waals surface area contributed by atoms with E-state index in [-0.39, 0.29) is 6.04 Å². The monoisotopic (exact) mass is 279 g/mol. The SMILES string of the molecule is COc1ccc(Cl)cc1Cn1cnc(CC(C)N)c1. The van der Waals surface area contributed by atoms with Crippen LogP contribution in [0.4, 0.5) is 0 Å². The molecule has 0 radical (unpaired) electrons. The molecule has 1 heterocycles. The minimum Gasteiger partial charge on any atom is -0.496 e. The van der Waals surface area contributed by atoms with Crippen LogP contribution in [0.25, 0.3) is 0 Å². The van der Waals surface area contributed by atoms with Crippen molar-refractivity contribution >= 4 is 11.6 Å². The quantitative estimate of drug-likeness (QED) is 0.915. The van der Waals surface area contributed by atoms with Gasteiger partial charge in [0, 0.05) is 29.2 Å². The second-order valence-corrected chi connectivity index (χ2v) is 5.11. The third-order valence-electron chi connectivity index (χ3n) is 2.81. The minimum atomic E-state index is 0.115. The maximum Gasteiger partial charge on any atom is 0.123 e. The first-order valence-electron chi connectivity index (χ1n) is 6.17. The van der Waals surface area contributed by atoms with Crippen molar-refractivity contribution in [2.45, 2.75) is 25.9 Å². The molecule has 0 fully saturated rings. The number of ether oxygens (including phenoxy) is 1. The van der Waals surface area contributed by atoms with Crippen LogP contribution in [0.2, 0.25) is 5.02 Å². The third kappa shape index (κ3) is 3.72. The molecule has 2 aromatic rings. The Morgan fingerprint density at radius 1 is 1.47 bits per heavy atom. The van der Waals surface area contributed by atoms with Crippen molar-refractivity contribution in [1.29, 1.82) is 0 Å². The average Bonchev–Trinajstić information content (AvgIpc) is 2.76. The summed E-state index contributed by atoms with van der Waals surface area (Å²) in [7, 11) is 1.65. The van der Waals surface area contributed by atoms with Crippen LogP contribution in [0.3, 0.4) is 0 Å². The van der Waals surface area contributed by atoms with Crippen LogP contribution in [0.15, 0.2) is 30.7 Å². The number of nitrogens with zero attached hydrogens (tertiary/aromatic N) is 2. The summed E-state index contributed by atoms with van der Waals surface area (Å²) in [4.78, 5) is 4.34. The number of hydrogen-bond acceptors (Lipinski definition) is 3. The zero-order valence-electron chi connectivity index (χ0n) is 11.1. The molecule has 0 amide bonds. The van der Waals surface area contributed by atoms with E-state index in [0.717, 1.165) is 23.4 Å². The zero-order valence-corrected chi connectivity index (χ0v) is 11.9. The highest BCUT2D eigenvalue weighted by Gasteiger charge is 2.07. The van der Waals surface area contributed by atoms with Crippen molar-refractivity contribution in [3.8, 4) is 5.75 Å². The van der Waals surface area contributed by atoms with Crippen LogP contribution < -0.4 is 10.5 Å². The summed E-state index contributed by atoms with van der Waals surface area (Å²) >= 11 is 6.02. The average molecular weight is 280 g/mol. The van der Waals surface area contributed by atoms with Crippen LogP contribution >= 0.6 is 11.6 Å². The van der Waals surface area contributed by atoms with Crippen LogP contribution in [0.5, 0.6) is 5.75 Å². The lowest BCUT2D eigenvalue weighted by Gasteiger charge is -2.09. The molecule has 0 saturated carbocycles. The van der Waals surface area contributed by atoms with Crippen molar-refractivity contribution in [2.75, 3.05) is 7.11 Å². The van der Waals surface area contributed by atoms with Gasteiger partial charge in [-0.25, -0.2) is 4.98 Å². The molecule has 0 bridgehead atoms. The summed E-state index contributed by atoms with van der Waals surface area (Å²) in [5, 5.41) is 0.701. The molecule has 102 valence electrons. The first-order valence-corrected chi connectivity index (χ1v) is 6.55. The van der Waals surface area contributed by atoms with E-state index in [2.05, 4.69) is 4.98 Å². The van der Waals surface area contributed by atoms with Crippen molar-refractivity contribution in [2.24, 2.45) is 5.73 Å². The lowest BCUT2D eigenvalue weighted by atomic mass is 10.2. The van der Waals surface area contributed by atoms with Gasteiger partial charge in [-0.15, -0.1) is 0 Å². The smallest absolute Gasteiger partial charge is 0.123 e. The van der Waals surface area contributed by atoms with Gasteiger partial charge in [-0.3, -0.25) is 0 Å². The molecule has 4 nitrogen and oxygen atoms in total. The van der Waals surface area contributed by atoms with Crippen molar-refractivity contribution in [1.82, 2.24) is 9.55 Å². The maximum absolute atomic E-state index is 6.02. The molecule has 0 aliphatic heterocycles. The molecule has 0 aliphatic carbocycles. The van der Waals surface area contributed by atoms with Crippen LogP contribution in [0, 0.1) is 0 Å². The number of hydrogen-bond donors (Lipinski definition) is 1. The van der Waals surface area contributed by atoms with Gasteiger partial charge in [-0.2, -0.15) is 0 Å². The van der Waals surface area contributed by atoms with E-state index < -0.39 is 0 Å². The maximum atomic E-state index is 6.02. The standard InChI is InChI=1S/C14H18ClN3O/c1-10(16)5-13-8-18(9-17-13)7-11-6-12(15)3-4-14(11)19-2/h3-4,6,8-10H,5,7,16H2,1-2H3. The molecule has 1 atom stereocenters. The largest absolute Gasteiger partial charge is 0.496 e. The number of aromatic nitrogens is 2. The molecule has 2 rings (SSSR count). The number of rotatable bonds is 5. The lowest BCUT2D eigenvalue weighted by Crippen LogP contribution is -2.17. The highest BCUT2D eigenvalue weighted by Crippen LogP contribution is 2.23. The first kappa shape index (κ1) is 13.9. The van der Waals surface area contributed by atoms with Gasteiger partial charge in [0.2, 0.25) is 0 Å². The second-order valence-electron chi connectivity index (χ2n) is 4.67. The molecule has 19 heavy (non-hydrogen) atoms. The van der Waals surface area contributed by atoms with Gasteiger partial charge in [-0.1, -0.05) is 11.6 Å². The van der Waals surface area contributed by atoms with Crippen LogP contribution in [-0.2, 0) is 13.0 Å². The van der Waals surface area contributed by atoms with E-state index in [4.69, 9.17) is 22.1 Å². The Hall–Kier alpha value is -1.52. The molecule has 2 N–H and O–H groups in total. The Morgan fingerprint density at radius 2 is 2.26 bits per heavy atom. The Kier molecular flexibility index (Phi) is 4.45. The van der Waals surface area contributed by atoms with E-state index in [1.807, 2.05) is 35.9 Å². The van der Waals surface area contributed by atoms with Gasteiger partial charge in [-0.05, 0) is 25.1 Å². The summed E-state index contributed by atoms with van der Waals surface area (Å²) in [6, 6.07) is 5.71. The van der Waals surface area contributed by atoms with E-state index in [1.165, 1.54) is 0 Å². The van der Waals surface area contributed by atoms with Gasteiger partial charge >= 0.3 is 0 Å². The summed E-state index contributed by atoms with van der Waals surface area (Å²) in [5.41, 5.74) is 7.79. The fraction of sp³-hybridized carbons (Fsp3) is 0.357. The summed E-state index contributed by atoms with van der Waals surface area (Å²) in [6.07, 6.45) is 4.58. The van der Waals surface area contributed by atoms with Crippen molar-refractivity contribution < 1.29 is 4.74 Å². The molecule has 5 heteroatoms. The number of nitrogens with two attached hydrogens (primary N) is 1. The Labute approximate surface area is 118 Å². The summed E-state index contributed by atoms with van der Waals surface area (Å²) in [6.45, 7) is 2.65. The molecular formula is C14H18ClN3O. The van der Waals surface area contributed by atoms with Crippen molar-refractivity contribution in [3.05, 3.63) is 47.0 Å². The fourth-order valence-corrected chi connectivity index (χ4v) is 2.19. The van der Waals surface area contributed by atoms with Gasteiger partial charge in [0.15, 0.2) is 0 Å². The lowest BCUT2D eigenvalue weighted by molar-refractivity contribution is 0.408. The minimum absolute atomic E-state index is 0.115. The highest BCUT2D eigenvalue weighted by molar-refractivity contribution is 6.30. The van der Waals surface area contributed by atoms with Gasteiger partial charge < -0.3 is 15.0 Å². The van der Waals surface area contributed by atoms with Gasteiger partial charge in [0.05, 0.1) is 25.7 Å². The van der Waals surface area contributed by atoms with Gasteiger partial charge in [0.25, 0.3) is 0 Å². The summed E-state index contributed by atoms with van der Waals surface area (Å²) in [5.74, 6) is 0.826. The second kappa shape index (κ2) is 6.08. The molecule has 0 aliphatic rings. The summed E-state index contributed by atoms with van der Waals surface area (Å²) < 4.78 is 7.34.